The molecule has 10 heteroatoms. The van der Waals surface area contributed by atoms with Crippen molar-refractivity contribution in [1.82, 2.24) is 21.3 Å². The zero-order chi connectivity index (χ0) is 27.5. The molecule has 0 bridgehead atoms. The predicted octanol–water partition coefficient (Wildman–Crippen LogP) is 2.79. The Kier molecular flexibility index (Phi) is 18.1. The largest absolute Gasteiger partial charge is 0.480 e. The van der Waals surface area contributed by atoms with E-state index in [1.165, 1.54) is 6.92 Å². The summed E-state index contributed by atoms with van der Waals surface area (Å²) >= 11 is 0. The highest BCUT2D eigenvalue weighted by molar-refractivity contribution is 5.94. The van der Waals surface area contributed by atoms with Gasteiger partial charge in [-0.2, -0.15) is 0 Å². The van der Waals surface area contributed by atoms with Crippen molar-refractivity contribution >= 4 is 29.6 Å². The average molecular weight is 513 g/mol. The van der Waals surface area contributed by atoms with Crippen LogP contribution >= 0.6 is 0 Å². The van der Waals surface area contributed by atoms with Crippen LogP contribution in [0.5, 0.6) is 0 Å². The van der Waals surface area contributed by atoms with E-state index in [2.05, 4.69) is 21.3 Å². The van der Waals surface area contributed by atoms with Gasteiger partial charge in [0.05, 0.1) is 0 Å². The first-order valence-corrected chi connectivity index (χ1v) is 13.5. The summed E-state index contributed by atoms with van der Waals surface area (Å²) in [5.41, 5.74) is 0. The van der Waals surface area contributed by atoms with Gasteiger partial charge in [-0.25, -0.2) is 4.79 Å². The van der Waals surface area contributed by atoms with Gasteiger partial charge in [-0.3, -0.25) is 19.2 Å². The minimum atomic E-state index is -1.11. The Labute approximate surface area is 216 Å². The van der Waals surface area contributed by atoms with Crippen molar-refractivity contribution in [1.29, 1.82) is 0 Å². The molecule has 0 aliphatic heterocycles. The monoisotopic (exact) mass is 512 g/mol. The number of aliphatic carboxylic acids is 1. The highest BCUT2D eigenvalue weighted by Gasteiger charge is 2.30. The van der Waals surface area contributed by atoms with E-state index in [1.807, 2.05) is 27.7 Å². The zero-order valence-corrected chi connectivity index (χ0v) is 22.8. The van der Waals surface area contributed by atoms with Crippen LogP contribution < -0.4 is 21.3 Å². The number of unbranched alkanes of at least 4 members (excludes halogenated alkanes) is 4. The minimum Gasteiger partial charge on any atom is -0.480 e. The molecule has 4 amide bonds. The number of carboxylic acid groups (broad SMARTS) is 1. The van der Waals surface area contributed by atoms with E-state index in [9.17, 15) is 29.1 Å². The van der Waals surface area contributed by atoms with Crippen molar-refractivity contribution in [2.24, 2.45) is 0 Å². The maximum absolute atomic E-state index is 13.2. The molecule has 0 spiro atoms. The lowest BCUT2D eigenvalue weighted by atomic mass is 10.0. The fraction of sp³-hybridized carbons (Fsp3) is 0.808. The highest BCUT2D eigenvalue weighted by Crippen LogP contribution is 2.09. The van der Waals surface area contributed by atoms with Gasteiger partial charge in [0, 0.05) is 6.92 Å². The molecule has 0 unspecified atom stereocenters. The molecule has 36 heavy (non-hydrogen) atoms. The van der Waals surface area contributed by atoms with Gasteiger partial charge in [-0.1, -0.05) is 79.1 Å². The van der Waals surface area contributed by atoms with Crippen molar-refractivity contribution < 1.29 is 29.1 Å². The second kappa shape index (κ2) is 19.5. The lowest BCUT2D eigenvalue weighted by Gasteiger charge is -2.26. The maximum Gasteiger partial charge on any atom is 0.326 e. The highest BCUT2D eigenvalue weighted by atomic mass is 16.4. The summed E-state index contributed by atoms with van der Waals surface area (Å²) in [6.07, 6.45) is 7.50. The van der Waals surface area contributed by atoms with Gasteiger partial charge in [0.1, 0.15) is 24.2 Å². The van der Waals surface area contributed by atoms with E-state index in [0.29, 0.717) is 44.9 Å². The van der Waals surface area contributed by atoms with Crippen molar-refractivity contribution in [2.45, 2.75) is 136 Å². The third-order valence-electron chi connectivity index (χ3n) is 5.96. The van der Waals surface area contributed by atoms with Crippen LogP contribution in [0.25, 0.3) is 0 Å². The van der Waals surface area contributed by atoms with Gasteiger partial charge in [0.25, 0.3) is 0 Å². The normalized spacial score (nSPS) is 14.1. The second-order valence-corrected chi connectivity index (χ2v) is 9.34. The van der Waals surface area contributed by atoms with Crippen LogP contribution in [-0.2, 0) is 24.0 Å². The molecule has 10 nitrogen and oxygen atoms in total. The van der Waals surface area contributed by atoms with Crippen LogP contribution in [0.1, 0.15) is 112 Å². The average Bonchev–Trinajstić information content (AvgIpc) is 2.83. The van der Waals surface area contributed by atoms with Gasteiger partial charge < -0.3 is 26.4 Å². The molecule has 0 rings (SSSR count). The summed E-state index contributed by atoms with van der Waals surface area (Å²) in [5, 5.41) is 20.2. The maximum atomic E-state index is 13.2. The van der Waals surface area contributed by atoms with Crippen LogP contribution in [0.4, 0.5) is 0 Å². The van der Waals surface area contributed by atoms with Crippen LogP contribution in [-0.4, -0.2) is 58.9 Å². The summed E-state index contributed by atoms with van der Waals surface area (Å²) < 4.78 is 0. The smallest absolute Gasteiger partial charge is 0.326 e. The molecule has 0 aromatic carbocycles. The lowest BCUT2D eigenvalue weighted by Crippen LogP contribution is -2.57. The van der Waals surface area contributed by atoms with E-state index in [1.54, 1.807) is 0 Å². The predicted molar refractivity (Wildman–Crippen MR) is 139 cm³/mol. The van der Waals surface area contributed by atoms with E-state index in [-0.39, 0.29) is 5.91 Å². The van der Waals surface area contributed by atoms with Crippen LogP contribution in [0, 0.1) is 0 Å². The molecule has 0 heterocycles. The topological polar surface area (TPSA) is 154 Å². The zero-order valence-electron chi connectivity index (χ0n) is 22.8. The molecule has 0 aliphatic carbocycles. The third-order valence-corrected chi connectivity index (χ3v) is 5.96. The number of carbonyl (C=O) groups excluding carboxylic acids is 4. The first-order chi connectivity index (χ1) is 17.1. The summed E-state index contributed by atoms with van der Waals surface area (Å²) in [5.74, 6) is -2.91. The van der Waals surface area contributed by atoms with Gasteiger partial charge in [0.15, 0.2) is 0 Å². The Morgan fingerprint density at radius 2 is 0.806 bits per heavy atom. The Balaban J connectivity index is 5.55. The molecule has 0 saturated carbocycles. The van der Waals surface area contributed by atoms with Crippen molar-refractivity contribution in [2.75, 3.05) is 0 Å². The summed E-state index contributed by atoms with van der Waals surface area (Å²) in [4.78, 5) is 62.2. The number of amides is 4. The fourth-order valence-corrected chi connectivity index (χ4v) is 3.76. The SMILES string of the molecule is CCCC[C@H](NC(=O)[C@H](CCCC)NC(=O)[C@H](CCCC)NC(=O)[C@H](CCCC)NC(C)=O)C(=O)O. The number of hydrogen-bond donors (Lipinski definition) is 5. The summed E-state index contributed by atoms with van der Waals surface area (Å²) in [6, 6.07) is -3.55. The molecule has 4 atom stereocenters. The minimum absolute atomic E-state index is 0.309. The van der Waals surface area contributed by atoms with Gasteiger partial charge in [0.2, 0.25) is 23.6 Å². The van der Waals surface area contributed by atoms with E-state index < -0.39 is 47.9 Å². The molecular weight excluding hydrogens is 464 g/mol. The lowest BCUT2D eigenvalue weighted by molar-refractivity contribution is -0.142. The summed E-state index contributed by atoms with van der Waals surface area (Å²) in [7, 11) is 0. The molecule has 0 saturated heterocycles. The van der Waals surface area contributed by atoms with E-state index in [0.717, 1.165) is 32.1 Å². The first-order valence-electron chi connectivity index (χ1n) is 13.5. The molecule has 0 radical (unpaired) electrons. The third kappa shape index (κ3) is 14.0. The van der Waals surface area contributed by atoms with Crippen LogP contribution in [0.3, 0.4) is 0 Å². The Morgan fingerprint density at radius 3 is 1.08 bits per heavy atom. The van der Waals surface area contributed by atoms with Crippen LogP contribution in [0.15, 0.2) is 0 Å². The molecule has 0 aromatic rings. The van der Waals surface area contributed by atoms with Gasteiger partial charge >= 0.3 is 5.97 Å². The quantitative estimate of drug-likeness (QED) is 0.169. The number of rotatable bonds is 20. The second-order valence-electron chi connectivity index (χ2n) is 9.34. The standard InChI is InChI=1S/C26H48N4O6/c1-6-10-14-19(27-18(5)31)23(32)28-20(15-11-7-2)24(33)29-21(16-12-8-3)25(34)30-22(26(35)36)17-13-9-4/h19-22H,6-17H2,1-5H3,(H,27,31)(H,28,32)(H,29,33)(H,30,34)(H,35,36)/t19-,20-,21-,22-/m0/s1. The molecule has 5 N–H and O–H groups in total. The fourth-order valence-electron chi connectivity index (χ4n) is 3.76. The van der Waals surface area contributed by atoms with E-state index in [4.69, 9.17) is 0 Å². The van der Waals surface area contributed by atoms with Gasteiger partial charge in [-0.15, -0.1) is 0 Å². The number of carboxylic acids is 1. The Morgan fingerprint density at radius 1 is 0.528 bits per heavy atom. The molecular formula is C26H48N4O6. The van der Waals surface area contributed by atoms with E-state index >= 15 is 0 Å². The number of carbonyl (C=O) groups is 5. The Bertz CT molecular complexity index is 700. The Hall–Kier alpha value is -2.65. The number of hydrogen-bond acceptors (Lipinski definition) is 5. The van der Waals surface area contributed by atoms with Crippen LogP contribution in [0.2, 0.25) is 0 Å². The van der Waals surface area contributed by atoms with Crippen molar-refractivity contribution in [3.8, 4) is 0 Å². The van der Waals surface area contributed by atoms with Crippen molar-refractivity contribution in [3.05, 3.63) is 0 Å². The molecule has 0 aliphatic rings. The van der Waals surface area contributed by atoms with Crippen molar-refractivity contribution in [3.63, 3.8) is 0 Å². The van der Waals surface area contributed by atoms with Gasteiger partial charge in [-0.05, 0) is 25.7 Å². The molecule has 208 valence electrons. The molecule has 0 aromatic heterocycles. The number of nitrogens with one attached hydrogen (secondary N) is 4. The summed E-state index contributed by atoms with van der Waals surface area (Å²) in [6.45, 7) is 9.20. The first kappa shape index (κ1) is 33.4. The molecule has 0 fully saturated rings.